The predicted molar refractivity (Wildman–Crippen MR) is 181 cm³/mol. The highest BCUT2D eigenvalue weighted by Crippen LogP contribution is 2.45. The van der Waals surface area contributed by atoms with Gasteiger partial charge in [-0.05, 0) is 89.8 Å². The van der Waals surface area contributed by atoms with E-state index in [1.807, 2.05) is 47.6 Å². The van der Waals surface area contributed by atoms with Gasteiger partial charge >= 0.3 is 5.97 Å². The zero-order valence-corrected chi connectivity index (χ0v) is 29.1. The van der Waals surface area contributed by atoms with E-state index >= 15 is 0 Å². The van der Waals surface area contributed by atoms with E-state index in [1.165, 1.54) is 17.5 Å². The monoisotopic (exact) mass is 633 g/mol. The second-order valence-corrected chi connectivity index (χ2v) is 14.9. The molecule has 0 spiro atoms. The molecule has 8 nitrogen and oxygen atoms in total. The molecule has 0 amide bonds. The third-order valence-electron chi connectivity index (χ3n) is 8.76. The van der Waals surface area contributed by atoms with Crippen molar-refractivity contribution in [3.63, 3.8) is 0 Å². The van der Waals surface area contributed by atoms with Gasteiger partial charge in [-0.15, -0.1) is 0 Å². The molecule has 1 saturated heterocycles. The minimum absolute atomic E-state index is 0.261. The highest BCUT2D eigenvalue weighted by molar-refractivity contribution is 6.29. The number of fused-ring (bicyclic) bond motifs is 1. The van der Waals surface area contributed by atoms with Crippen molar-refractivity contribution in [1.82, 2.24) is 15.0 Å². The molecule has 1 atom stereocenters. The maximum atomic E-state index is 13.8. The number of aryl methyl sites for hydroxylation is 2. The Balaban J connectivity index is 1.64. The number of hydrogen-bond acceptors (Lipinski definition) is 8. The molecule has 0 N–H and O–H groups in total. The SMILES string of the molecule is Cc1nc(C)c([C@H](OC(C)(C)C)C(=O)OC(C)C)c(N2CCC(C)(C)CC2)c1-c1ccc2c(c1)CCN(c1cc(Cl)ncn1)C2. The third kappa shape index (κ3) is 7.60. The highest BCUT2D eigenvalue weighted by Gasteiger charge is 2.38. The second-order valence-electron chi connectivity index (χ2n) is 14.5. The fraction of sp³-hybridized carbons (Fsp3) is 0.556. The number of pyridine rings is 1. The number of halogens is 1. The summed E-state index contributed by atoms with van der Waals surface area (Å²) in [7, 11) is 0. The first-order chi connectivity index (χ1) is 21.1. The van der Waals surface area contributed by atoms with E-state index in [-0.39, 0.29) is 17.5 Å². The van der Waals surface area contributed by atoms with Gasteiger partial charge < -0.3 is 19.3 Å². The average Bonchev–Trinajstić information content (AvgIpc) is 2.94. The minimum atomic E-state index is -0.907. The number of rotatable bonds is 7. The molecule has 3 aromatic rings. The van der Waals surface area contributed by atoms with Crippen LogP contribution in [-0.4, -0.2) is 52.3 Å². The van der Waals surface area contributed by atoms with Gasteiger partial charge in [0.25, 0.3) is 0 Å². The number of hydrogen-bond donors (Lipinski definition) is 0. The normalized spacial score (nSPS) is 17.3. The summed E-state index contributed by atoms with van der Waals surface area (Å²) < 4.78 is 12.4. The number of esters is 1. The van der Waals surface area contributed by atoms with Crippen LogP contribution in [0.4, 0.5) is 11.5 Å². The number of anilines is 2. The van der Waals surface area contributed by atoms with E-state index in [4.69, 9.17) is 26.1 Å². The lowest BCUT2D eigenvalue weighted by molar-refractivity contribution is -0.171. The number of carbonyl (C=O) groups excluding carboxylic acids is 1. The highest BCUT2D eigenvalue weighted by atomic mass is 35.5. The quantitative estimate of drug-likeness (QED) is 0.193. The van der Waals surface area contributed by atoms with Gasteiger partial charge in [0.1, 0.15) is 17.3 Å². The number of aromatic nitrogens is 3. The van der Waals surface area contributed by atoms with Crippen LogP contribution in [-0.2, 0) is 27.2 Å². The largest absolute Gasteiger partial charge is 0.461 e. The Bertz CT molecular complexity index is 1550. The molecular weight excluding hydrogens is 586 g/mol. The second kappa shape index (κ2) is 12.9. The van der Waals surface area contributed by atoms with Crippen molar-refractivity contribution < 1.29 is 14.3 Å². The van der Waals surface area contributed by atoms with E-state index in [1.54, 1.807) is 0 Å². The molecule has 1 aromatic carbocycles. The number of piperidine rings is 1. The van der Waals surface area contributed by atoms with Crippen molar-refractivity contribution in [2.45, 2.75) is 106 Å². The van der Waals surface area contributed by atoms with Crippen molar-refractivity contribution in [2.24, 2.45) is 5.41 Å². The van der Waals surface area contributed by atoms with Gasteiger partial charge in [0, 0.05) is 54.8 Å². The maximum absolute atomic E-state index is 13.8. The summed E-state index contributed by atoms with van der Waals surface area (Å²) in [5, 5.41) is 0.443. The first-order valence-corrected chi connectivity index (χ1v) is 16.5. The summed E-state index contributed by atoms with van der Waals surface area (Å²) in [6.07, 6.45) is 3.33. The minimum Gasteiger partial charge on any atom is -0.461 e. The van der Waals surface area contributed by atoms with Crippen LogP contribution in [0.25, 0.3) is 11.1 Å². The van der Waals surface area contributed by atoms with E-state index in [0.717, 1.165) is 85.0 Å². The topological polar surface area (TPSA) is 80.7 Å². The molecule has 45 heavy (non-hydrogen) atoms. The molecule has 4 heterocycles. The molecule has 242 valence electrons. The Kier molecular flexibility index (Phi) is 9.48. The Morgan fingerprint density at radius 2 is 1.69 bits per heavy atom. The van der Waals surface area contributed by atoms with E-state index in [9.17, 15) is 4.79 Å². The van der Waals surface area contributed by atoms with E-state index in [0.29, 0.717) is 5.15 Å². The van der Waals surface area contributed by atoms with Gasteiger partial charge in [0.05, 0.1) is 17.4 Å². The van der Waals surface area contributed by atoms with Crippen LogP contribution in [0, 0.1) is 19.3 Å². The molecule has 0 radical (unpaired) electrons. The van der Waals surface area contributed by atoms with Gasteiger partial charge in [0.2, 0.25) is 0 Å². The van der Waals surface area contributed by atoms with Gasteiger partial charge in [0.15, 0.2) is 6.10 Å². The van der Waals surface area contributed by atoms with Gasteiger partial charge in [-0.25, -0.2) is 14.8 Å². The van der Waals surface area contributed by atoms with Crippen LogP contribution in [0.1, 0.15) is 95.5 Å². The van der Waals surface area contributed by atoms with Crippen LogP contribution >= 0.6 is 11.6 Å². The molecule has 0 saturated carbocycles. The number of ether oxygens (including phenoxy) is 2. The summed E-state index contributed by atoms with van der Waals surface area (Å²) in [5.41, 5.74) is 7.99. The Labute approximate surface area is 273 Å². The van der Waals surface area contributed by atoms with Crippen molar-refractivity contribution in [1.29, 1.82) is 0 Å². The van der Waals surface area contributed by atoms with Crippen molar-refractivity contribution in [3.8, 4) is 11.1 Å². The fourth-order valence-electron chi connectivity index (χ4n) is 6.44. The first kappa shape index (κ1) is 33.1. The predicted octanol–water partition coefficient (Wildman–Crippen LogP) is 7.81. The summed E-state index contributed by atoms with van der Waals surface area (Å²) in [6, 6.07) is 8.54. The molecule has 0 aliphatic carbocycles. The molecule has 2 aliphatic heterocycles. The van der Waals surface area contributed by atoms with E-state index < -0.39 is 11.7 Å². The molecule has 5 rings (SSSR count). The van der Waals surface area contributed by atoms with Gasteiger partial charge in [-0.2, -0.15) is 0 Å². The Morgan fingerprint density at radius 1 is 0.978 bits per heavy atom. The molecular formula is C36H48ClN5O3. The summed E-state index contributed by atoms with van der Waals surface area (Å²) in [5.74, 6) is 0.454. The number of benzene rings is 1. The lowest BCUT2D eigenvalue weighted by Gasteiger charge is -2.41. The summed E-state index contributed by atoms with van der Waals surface area (Å²) in [4.78, 5) is 32.0. The summed E-state index contributed by atoms with van der Waals surface area (Å²) >= 11 is 6.16. The van der Waals surface area contributed by atoms with Crippen LogP contribution in [0.2, 0.25) is 5.15 Å². The lowest BCUT2D eigenvalue weighted by Crippen LogP contribution is -2.39. The molecule has 0 unspecified atom stereocenters. The van der Waals surface area contributed by atoms with Crippen LogP contribution in [0.3, 0.4) is 0 Å². The smallest absolute Gasteiger partial charge is 0.340 e. The van der Waals surface area contributed by atoms with Crippen molar-refractivity contribution >= 4 is 29.1 Å². The van der Waals surface area contributed by atoms with Crippen molar-refractivity contribution in [2.75, 3.05) is 29.4 Å². The fourth-order valence-corrected chi connectivity index (χ4v) is 6.58. The molecule has 9 heteroatoms. The molecule has 2 aliphatic rings. The zero-order chi connectivity index (χ0) is 32.7. The average molecular weight is 634 g/mol. The maximum Gasteiger partial charge on any atom is 0.340 e. The standard InChI is InChI=1S/C36H48ClN5O3/c1-22(2)44-34(43)33(45-35(5,6)7)31-24(4)40-23(3)30(32(31)41-16-13-36(8,9)14-17-41)26-10-11-27-20-42(15-12-25(27)18-26)29-19-28(37)38-21-39-29/h10-11,18-19,21-22,33H,12-17,20H2,1-9H3/t33-/m0/s1. The Hall–Kier alpha value is -3.23. The molecule has 1 fully saturated rings. The third-order valence-corrected chi connectivity index (χ3v) is 8.97. The Morgan fingerprint density at radius 3 is 2.33 bits per heavy atom. The number of carbonyl (C=O) groups is 1. The molecule has 0 bridgehead atoms. The van der Waals surface area contributed by atoms with Gasteiger partial charge in [-0.1, -0.05) is 43.6 Å². The van der Waals surface area contributed by atoms with Crippen LogP contribution in [0.15, 0.2) is 30.6 Å². The first-order valence-electron chi connectivity index (χ1n) is 16.1. The van der Waals surface area contributed by atoms with Crippen LogP contribution in [0.5, 0.6) is 0 Å². The lowest BCUT2D eigenvalue weighted by atomic mass is 9.81. The zero-order valence-electron chi connectivity index (χ0n) is 28.3. The van der Waals surface area contributed by atoms with E-state index in [2.05, 4.69) is 58.7 Å². The van der Waals surface area contributed by atoms with Crippen LogP contribution < -0.4 is 9.80 Å². The summed E-state index contributed by atoms with van der Waals surface area (Å²) in [6.45, 7) is 21.8. The van der Waals surface area contributed by atoms with Gasteiger partial charge in [-0.3, -0.25) is 4.98 Å². The molecule has 2 aromatic heterocycles. The van der Waals surface area contributed by atoms with Crippen molar-refractivity contribution in [3.05, 3.63) is 63.8 Å². The number of nitrogens with zero attached hydrogens (tertiary/aromatic N) is 5.